The molecule has 1 N–H and O–H groups in total. The first kappa shape index (κ1) is 21.7. The molecule has 0 saturated carbocycles. The van der Waals surface area contributed by atoms with E-state index in [9.17, 15) is 19.5 Å². The molecule has 0 spiro atoms. The van der Waals surface area contributed by atoms with Crippen molar-refractivity contribution >= 4 is 39.5 Å². The van der Waals surface area contributed by atoms with Crippen LogP contribution in [0.3, 0.4) is 0 Å². The van der Waals surface area contributed by atoms with Gasteiger partial charge in [0.15, 0.2) is 5.78 Å². The molecule has 0 atom stereocenters. The summed E-state index contributed by atoms with van der Waals surface area (Å²) >= 11 is 0. The number of phenols is 1. The Hall–Kier alpha value is -4.13. The van der Waals surface area contributed by atoms with Crippen LogP contribution in [0.1, 0.15) is 49.2 Å². The minimum Gasteiger partial charge on any atom is -0.508 e. The number of aromatic hydroxyl groups is 1. The predicted molar refractivity (Wildman–Crippen MR) is 129 cm³/mol. The molecule has 2 aliphatic heterocycles. The van der Waals surface area contributed by atoms with Gasteiger partial charge in [-0.15, -0.1) is 0 Å². The summed E-state index contributed by atoms with van der Waals surface area (Å²) in [5, 5.41) is 10.1. The van der Waals surface area contributed by atoms with E-state index in [0.29, 0.717) is 23.3 Å². The van der Waals surface area contributed by atoms with Crippen molar-refractivity contribution in [3.63, 3.8) is 0 Å². The van der Waals surface area contributed by atoms with Gasteiger partial charge in [-0.3, -0.25) is 14.5 Å². The first-order valence-corrected chi connectivity index (χ1v) is 11.0. The molecule has 7 heteroatoms. The number of nitrogens with zero attached hydrogens (tertiary/aromatic N) is 1. The van der Waals surface area contributed by atoms with Crippen molar-refractivity contribution in [1.82, 2.24) is 0 Å². The highest BCUT2D eigenvalue weighted by molar-refractivity contribution is 6.37. The van der Waals surface area contributed by atoms with Gasteiger partial charge in [0.05, 0.1) is 23.4 Å². The summed E-state index contributed by atoms with van der Waals surface area (Å²) in [4.78, 5) is 41.0. The van der Waals surface area contributed by atoms with Crippen LogP contribution in [0.15, 0.2) is 57.8 Å². The van der Waals surface area contributed by atoms with E-state index in [2.05, 4.69) is 0 Å². The molecular formula is C27H23NO6. The van der Waals surface area contributed by atoms with Crippen molar-refractivity contribution in [2.24, 2.45) is 0 Å². The van der Waals surface area contributed by atoms with E-state index in [1.54, 1.807) is 17.0 Å². The number of fused-ring (bicyclic) bond motifs is 1. The molecule has 0 bridgehead atoms. The van der Waals surface area contributed by atoms with Gasteiger partial charge < -0.3 is 14.3 Å². The third kappa shape index (κ3) is 3.23. The number of benzene rings is 2. The summed E-state index contributed by atoms with van der Waals surface area (Å²) < 4.78 is 11.0. The van der Waals surface area contributed by atoms with Crippen LogP contribution in [-0.2, 0) is 4.79 Å². The van der Waals surface area contributed by atoms with E-state index >= 15 is 0 Å². The molecule has 1 amide bonds. The molecule has 2 aromatic carbocycles. The van der Waals surface area contributed by atoms with Crippen LogP contribution in [0.5, 0.6) is 11.5 Å². The topological polar surface area (TPSA) is 97.0 Å². The SMILES string of the molecule is CCOc1cc2c3c(c1)C(=CC(=O)c1cc4ccc(O)cc4oc1=O)C(=O)N3C(C)(C)C=C2C. The fourth-order valence-corrected chi connectivity index (χ4v) is 4.78. The minimum atomic E-state index is -0.839. The number of hydrogen-bond donors (Lipinski definition) is 1. The van der Waals surface area contributed by atoms with Crippen molar-refractivity contribution in [3.05, 3.63) is 75.7 Å². The van der Waals surface area contributed by atoms with E-state index < -0.39 is 16.9 Å². The van der Waals surface area contributed by atoms with Gasteiger partial charge in [0.2, 0.25) is 0 Å². The second-order valence-electron chi connectivity index (χ2n) is 9.01. The Morgan fingerprint density at radius 3 is 2.62 bits per heavy atom. The van der Waals surface area contributed by atoms with Gasteiger partial charge in [-0.1, -0.05) is 6.08 Å². The molecule has 3 heterocycles. The van der Waals surface area contributed by atoms with Gasteiger partial charge >= 0.3 is 5.63 Å². The maximum atomic E-state index is 13.6. The smallest absolute Gasteiger partial charge is 0.347 e. The lowest BCUT2D eigenvalue weighted by Gasteiger charge is -2.38. The monoisotopic (exact) mass is 457 g/mol. The highest BCUT2D eigenvalue weighted by atomic mass is 16.5. The summed E-state index contributed by atoms with van der Waals surface area (Å²) in [6.07, 6.45) is 3.22. The van der Waals surface area contributed by atoms with Gasteiger partial charge in [0, 0.05) is 22.6 Å². The molecule has 3 aromatic rings. The zero-order valence-electron chi connectivity index (χ0n) is 19.3. The van der Waals surface area contributed by atoms with Crippen molar-refractivity contribution in [2.45, 2.75) is 33.2 Å². The molecule has 172 valence electrons. The quantitative estimate of drug-likeness (QED) is 0.346. The largest absolute Gasteiger partial charge is 0.508 e. The van der Waals surface area contributed by atoms with E-state index in [1.807, 2.05) is 39.8 Å². The number of hydrogen-bond acceptors (Lipinski definition) is 6. The zero-order chi connectivity index (χ0) is 24.4. The number of amides is 1. The lowest BCUT2D eigenvalue weighted by Crippen LogP contribution is -2.46. The average Bonchev–Trinajstić information content (AvgIpc) is 3.04. The van der Waals surface area contributed by atoms with E-state index in [0.717, 1.165) is 16.8 Å². The normalized spacial score (nSPS) is 17.2. The number of carbonyl (C=O) groups excluding carboxylic acids is 2. The Balaban J connectivity index is 1.68. The Morgan fingerprint density at radius 2 is 1.88 bits per heavy atom. The third-order valence-corrected chi connectivity index (χ3v) is 6.17. The van der Waals surface area contributed by atoms with Crippen molar-refractivity contribution < 1.29 is 23.8 Å². The average molecular weight is 457 g/mol. The number of phenolic OH excluding ortho intramolecular Hbond substituents is 1. The first-order chi connectivity index (χ1) is 16.1. The standard InChI is InChI=1S/C27H23NO6/c1-5-33-17-10-18-14(2)13-27(3,4)28-24(18)19(11-17)20(25(28)31)12-22(30)21-8-15-6-7-16(29)9-23(15)34-26(21)32/h6-13,29H,5H2,1-4H3. The van der Waals surface area contributed by atoms with Gasteiger partial charge in [-0.25, -0.2) is 4.79 Å². The molecule has 0 unspecified atom stereocenters. The molecule has 7 nitrogen and oxygen atoms in total. The highest BCUT2D eigenvalue weighted by Gasteiger charge is 2.45. The lowest BCUT2D eigenvalue weighted by molar-refractivity contribution is -0.113. The zero-order valence-corrected chi connectivity index (χ0v) is 19.3. The Labute approximate surface area is 195 Å². The number of carbonyl (C=O) groups is 2. The molecule has 5 rings (SSSR count). The number of ether oxygens (including phenoxy) is 1. The van der Waals surface area contributed by atoms with Crippen molar-refractivity contribution in [3.8, 4) is 11.5 Å². The number of anilines is 1. The van der Waals surface area contributed by atoms with Crippen molar-refractivity contribution in [2.75, 3.05) is 11.5 Å². The summed E-state index contributed by atoms with van der Waals surface area (Å²) in [6.45, 7) is 8.20. The molecule has 0 fully saturated rings. The fraction of sp³-hybridized carbons (Fsp3) is 0.222. The summed E-state index contributed by atoms with van der Waals surface area (Å²) in [6, 6.07) is 9.37. The molecule has 0 saturated heterocycles. The Bertz CT molecular complexity index is 1520. The molecular weight excluding hydrogens is 434 g/mol. The highest BCUT2D eigenvalue weighted by Crippen LogP contribution is 2.50. The lowest BCUT2D eigenvalue weighted by atomic mass is 9.89. The van der Waals surface area contributed by atoms with Gasteiger partial charge in [-0.05, 0) is 69.7 Å². The van der Waals surface area contributed by atoms with Gasteiger partial charge in [0.25, 0.3) is 5.91 Å². The van der Waals surface area contributed by atoms with Crippen LogP contribution in [0.25, 0.3) is 22.1 Å². The Morgan fingerprint density at radius 1 is 1.15 bits per heavy atom. The Kier molecular flexibility index (Phi) is 4.75. The molecule has 34 heavy (non-hydrogen) atoms. The number of rotatable bonds is 4. The van der Waals surface area contributed by atoms with E-state index in [1.165, 1.54) is 24.3 Å². The molecule has 0 aliphatic carbocycles. The van der Waals surface area contributed by atoms with E-state index in [-0.39, 0.29) is 28.4 Å². The van der Waals surface area contributed by atoms with Crippen LogP contribution in [-0.4, -0.2) is 28.9 Å². The van der Waals surface area contributed by atoms with Crippen LogP contribution >= 0.6 is 0 Å². The number of ketones is 1. The second kappa shape index (κ2) is 7.45. The fourth-order valence-electron chi connectivity index (χ4n) is 4.78. The van der Waals surface area contributed by atoms with Crippen LogP contribution in [0, 0.1) is 0 Å². The second-order valence-corrected chi connectivity index (χ2v) is 9.01. The number of allylic oxidation sites excluding steroid dienone is 2. The summed E-state index contributed by atoms with van der Waals surface area (Å²) in [5.74, 6) is -0.406. The van der Waals surface area contributed by atoms with Crippen LogP contribution in [0.4, 0.5) is 5.69 Å². The van der Waals surface area contributed by atoms with Crippen molar-refractivity contribution in [1.29, 1.82) is 0 Å². The predicted octanol–water partition coefficient (Wildman–Crippen LogP) is 4.71. The molecule has 0 radical (unpaired) electrons. The minimum absolute atomic E-state index is 0.0527. The molecule has 1 aromatic heterocycles. The first-order valence-electron chi connectivity index (χ1n) is 11.0. The van der Waals surface area contributed by atoms with Gasteiger partial charge in [0.1, 0.15) is 22.6 Å². The maximum absolute atomic E-state index is 13.6. The van der Waals surface area contributed by atoms with Crippen LogP contribution < -0.4 is 15.3 Å². The maximum Gasteiger partial charge on any atom is 0.347 e. The molecule has 2 aliphatic rings. The summed E-state index contributed by atoms with van der Waals surface area (Å²) in [5.41, 5.74) is 1.95. The van der Waals surface area contributed by atoms with Gasteiger partial charge in [-0.2, -0.15) is 0 Å². The van der Waals surface area contributed by atoms with E-state index in [4.69, 9.17) is 9.15 Å². The third-order valence-electron chi connectivity index (χ3n) is 6.17. The van der Waals surface area contributed by atoms with Crippen LogP contribution in [0.2, 0.25) is 0 Å². The summed E-state index contributed by atoms with van der Waals surface area (Å²) in [7, 11) is 0.